The van der Waals surface area contributed by atoms with Crippen LogP contribution in [0.3, 0.4) is 0 Å². The minimum atomic E-state index is -1.50. The molecular weight excluding hydrogens is 322 g/mol. The predicted octanol–water partition coefficient (Wildman–Crippen LogP) is 2.61. The molecule has 0 aromatic heterocycles. The molecule has 1 N–H and O–H groups in total. The highest BCUT2D eigenvalue weighted by Crippen LogP contribution is 2.24. The second-order valence-electron chi connectivity index (χ2n) is 4.57. The smallest absolute Gasteiger partial charge is 0.335 e. The Hall–Kier alpha value is -2.74. The zero-order valence-corrected chi connectivity index (χ0v) is 12.9. The number of carbonyl (C=O) groups is 1. The average Bonchev–Trinajstić information content (AvgIpc) is 2.54. The Morgan fingerprint density at radius 3 is 2.43 bits per heavy atom. The second-order valence-corrected chi connectivity index (χ2v) is 6.02. The van der Waals surface area contributed by atoms with Crippen LogP contribution in [0.5, 0.6) is 5.75 Å². The van der Waals surface area contributed by atoms with Gasteiger partial charge in [0.05, 0.1) is 34.1 Å². The Bertz CT molecular complexity index is 772. The Kier molecular flexibility index (Phi) is 5.07. The SMILES string of the molecule is COc1ccc(S(=O)Cc2ccc(C(=O)O)cc2[N+](=O)[O-])cc1. The molecule has 120 valence electrons. The van der Waals surface area contributed by atoms with Gasteiger partial charge in [-0.15, -0.1) is 0 Å². The fraction of sp³-hybridized carbons (Fsp3) is 0.133. The van der Waals surface area contributed by atoms with E-state index in [4.69, 9.17) is 9.84 Å². The van der Waals surface area contributed by atoms with Crippen molar-refractivity contribution in [3.8, 4) is 5.75 Å². The van der Waals surface area contributed by atoms with Crippen LogP contribution in [0.25, 0.3) is 0 Å². The van der Waals surface area contributed by atoms with Gasteiger partial charge >= 0.3 is 5.97 Å². The number of benzene rings is 2. The highest BCUT2D eigenvalue weighted by Gasteiger charge is 2.19. The lowest BCUT2D eigenvalue weighted by Crippen LogP contribution is -2.04. The Labute approximate surface area is 134 Å². The van der Waals surface area contributed by atoms with Crippen molar-refractivity contribution in [2.24, 2.45) is 0 Å². The van der Waals surface area contributed by atoms with Gasteiger partial charge in [-0.2, -0.15) is 0 Å². The van der Waals surface area contributed by atoms with Gasteiger partial charge in [-0.05, 0) is 30.3 Å². The number of ether oxygens (including phenoxy) is 1. The van der Waals surface area contributed by atoms with E-state index < -0.39 is 21.7 Å². The number of nitro benzene ring substituents is 1. The third-order valence-corrected chi connectivity index (χ3v) is 4.51. The summed E-state index contributed by atoms with van der Waals surface area (Å²) in [6.45, 7) is 0. The minimum Gasteiger partial charge on any atom is -0.497 e. The summed E-state index contributed by atoms with van der Waals surface area (Å²) in [6.07, 6.45) is 0. The molecule has 0 spiro atoms. The summed E-state index contributed by atoms with van der Waals surface area (Å²) in [6, 6.07) is 10.1. The molecule has 8 heteroatoms. The summed E-state index contributed by atoms with van der Waals surface area (Å²) >= 11 is 0. The molecule has 23 heavy (non-hydrogen) atoms. The van der Waals surface area contributed by atoms with E-state index in [0.717, 1.165) is 6.07 Å². The molecule has 2 aromatic carbocycles. The molecule has 2 aromatic rings. The summed E-state index contributed by atoms with van der Waals surface area (Å²) in [5.74, 6) is -0.721. The standard InChI is InChI=1S/C15H13NO6S/c1-22-12-4-6-13(7-5-12)23(21)9-11-3-2-10(15(17)18)8-14(11)16(19)20/h2-8H,9H2,1H3,(H,17,18). The normalized spacial score (nSPS) is 11.7. The first-order chi connectivity index (χ1) is 10.9. The van der Waals surface area contributed by atoms with E-state index in [1.54, 1.807) is 24.3 Å². The molecule has 1 unspecified atom stereocenters. The van der Waals surface area contributed by atoms with Crippen molar-refractivity contribution in [2.45, 2.75) is 10.6 Å². The largest absolute Gasteiger partial charge is 0.497 e. The van der Waals surface area contributed by atoms with E-state index in [0.29, 0.717) is 10.6 Å². The van der Waals surface area contributed by atoms with Gasteiger partial charge < -0.3 is 9.84 Å². The minimum absolute atomic E-state index is 0.0808. The first kappa shape index (κ1) is 16.6. The first-order valence-corrected chi connectivity index (χ1v) is 7.77. The number of aromatic carboxylic acids is 1. The van der Waals surface area contributed by atoms with E-state index in [9.17, 15) is 19.1 Å². The lowest BCUT2D eigenvalue weighted by molar-refractivity contribution is -0.385. The molecule has 7 nitrogen and oxygen atoms in total. The van der Waals surface area contributed by atoms with Crippen LogP contribution in [0.15, 0.2) is 47.4 Å². The molecule has 0 aliphatic heterocycles. The highest BCUT2D eigenvalue weighted by atomic mass is 32.2. The molecule has 0 fully saturated rings. The van der Waals surface area contributed by atoms with Crippen LogP contribution in [-0.4, -0.2) is 27.3 Å². The van der Waals surface area contributed by atoms with Crippen LogP contribution in [0.1, 0.15) is 15.9 Å². The van der Waals surface area contributed by atoms with Crippen LogP contribution >= 0.6 is 0 Å². The molecule has 1 atom stereocenters. The fourth-order valence-corrected chi connectivity index (χ4v) is 3.07. The second kappa shape index (κ2) is 7.01. The van der Waals surface area contributed by atoms with Gasteiger partial charge in [-0.1, -0.05) is 6.07 Å². The van der Waals surface area contributed by atoms with Gasteiger partial charge in [0.25, 0.3) is 5.69 Å². The summed E-state index contributed by atoms with van der Waals surface area (Å²) in [7, 11) is 0.0170. The van der Waals surface area contributed by atoms with Gasteiger partial charge in [0.2, 0.25) is 0 Å². The number of carboxylic acid groups (broad SMARTS) is 1. The molecule has 0 heterocycles. The van der Waals surface area contributed by atoms with Crippen molar-refractivity contribution in [1.29, 1.82) is 0 Å². The van der Waals surface area contributed by atoms with Crippen LogP contribution in [-0.2, 0) is 16.6 Å². The third-order valence-electron chi connectivity index (χ3n) is 3.14. The van der Waals surface area contributed by atoms with E-state index in [1.165, 1.54) is 19.2 Å². The molecule has 0 radical (unpaired) electrons. The number of hydrogen-bond acceptors (Lipinski definition) is 5. The molecule has 0 aliphatic rings. The van der Waals surface area contributed by atoms with E-state index in [2.05, 4.69) is 0 Å². The van der Waals surface area contributed by atoms with Crippen molar-refractivity contribution >= 4 is 22.5 Å². The van der Waals surface area contributed by atoms with Crippen molar-refractivity contribution < 1.29 is 23.8 Å². The number of rotatable bonds is 6. The van der Waals surface area contributed by atoms with Crippen molar-refractivity contribution in [2.75, 3.05) is 7.11 Å². The van der Waals surface area contributed by atoms with Gasteiger partial charge in [-0.25, -0.2) is 4.79 Å². The number of carboxylic acids is 1. The van der Waals surface area contributed by atoms with Crippen molar-refractivity contribution in [3.63, 3.8) is 0 Å². The molecule has 0 saturated carbocycles. The molecule has 0 amide bonds. The van der Waals surface area contributed by atoms with Gasteiger partial charge in [0.15, 0.2) is 0 Å². The summed E-state index contributed by atoms with van der Waals surface area (Å²) in [5.41, 5.74) is -0.323. The van der Waals surface area contributed by atoms with Crippen LogP contribution < -0.4 is 4.74 Å². The van der Waals surface area contributed by atoms with E-state index in [1.807, 2.05) is 0 Å². The van der Waals surface area contributed by atoms with Crippen LogP contribution in [0, 0.1) is 10.1 Å². The Balaban J connectivity index is 2.29. The maximum Gasteiger partial charge on any atom is 0.335 e. The zero-order chi connectivity index (χ0) is 17.0. The number of nitro groups is 1. The summed E-state index contributed by atoms with van der Waals surface area (Å²) in [5, 5.41) is 20.0. The molecule has 0 bridgehead atoms. The highest BCUT2D eigenvalue weighted by molar-refractivity contribution is 7.84. The van der Waals surface area contributed by atoms with Crippen molar-refractivity contribution in [3.05, 3.63) is 63.7 Å². The van der Waals surface area contributed by atoms with E-state index >= 15 is 0 Å². The van der Waals surface area contributed by atoms with E-state index in [-0.39, 0.29) is 22.6 Å². The Morgan fingerprint density at radius 1 is 1.26 bits per heavy atom. The molecular formula is C15H13NO6S. The topological polar surface area (TPSA) is 107 Å². The number of hydrogen-bond donors (Lipinski definition) is 1. The monoisotopic (exact) mass is 335 g/mol. The predicted molar refractivity (Wildman–Crippen MR) is 83.2 cm³/mol. The average molecular weight is 335 g/mol. The first-order valence-electron chi connectivity index (χ1n) is 6.45. The van der Waals surface area contributed by atoms with Gasteiger partial charge in [-0.3, -0.25) is 14.3 Å². The quantitative estimate of drug-likeness (QED) is 0.642. The molecule has 0 aliphatic carbocycles. The maximum absolute atomic E-state index is 12.3. The van der Waals surface area contributed by atoms with Gasteiger partial charge in [0, 0.05) is 16.5 Å². The van der Waals surface area contributed by atoms with Crippen LogP contribution in [0.2, 0.25) is 0 Å². The zero-order valence-electron chi connectivity index (χ0n) is 12.1. The lowest BCUT2D eigenvalue weighted by Gasteiger charge is -2.06. The van der Waals surface area contributed by atoms with Crippen LogP contribution in [0.4, 0.5) is 5.69 Å². The Morgan fingerprint density at radius 2 is 1.91 bits per heavy atom. The van der Waals surface area contributed by atoms with Crippen molar-refractivity contribution in [1.82, 2.24) is 0 Å². The number of nitrogens with zero attached hydrogens (tertiary/aromatic N) is 1. The molecule has 0 saturated heterocycles. The maximum atomic E-state index is 12.3. The molecule has 2 rings (SSSR count). The number of methoxy groups -OCH3 is 1. The van der Waals surface area contributed by atoms with Gasteiger partial charge in [0.1, 0.15) is 5.75 Å². The fourth-order valence-electron chi connectivity index (χ4n) is 1.94. The summed E-state index contributed by atoms with van der Waals surface area (Å²) in [4.78, 5) is 21.8. The lowest BCUT2D eigenvalue weighted by atomic mass is 10.1. The summed E-state index contributed by atoms with van der Waals surface area (Å²) < 4.78 is 17.3. The third kappa shape index (κ3) is 3.92.